The van der Waals surface area contributed by atoms with E-state index in [0.29, 0.717) is 5.41 Å². The Morgan fingerprint density at radius 2 is 1.78 bits per heavy atom. The Bertz CT molecular complexity index is 849. The first-order valence-electron chi connectivity index (χ1n) is 8.61. The second-order valence-electron chi connectivity index (χ2n) is 8.33. The average molecular weight is 328 g/mol. The lowest BCUT2D eigenvalue weighted by atomic mass is 9.12. The van der Waals surface area contributed by atoms with Crippen LogP contribution in [0.4, 0.5) is 0 Å². The van der Waals surface area contributed by atoms with Gasteiger partial charge in [-0.05, 0) is 73.8 Å². The standard InChI is InChI=1S/C18H20N2O2S/c1-8-3-5-10(6-4-8)23(21,22)20-19-9(2)18-15-12-7-11-13(15)17(18)14(11)16(12)18/h3-6,11-17,20H,7H2,1-2H3/b19-9+/t11?,12?,13-,14-,15-,16-,17?,18?/m1/s1. The third-order valence-electron chi connectivity index (χ3n) is 8.06. The van der Waals surface area contributed by atoms with Gasteiger partial charge < -0.3 is 0 Å². The summed E-state index contributed by atoms with van der Waals surface area (Å²) in [7, 11) is -3.56. The molecule has 0 aliphatic heterocycles. The van der Waals surface area contributed by atoms with E-state index in [4.69, 9.17) is 0 Å². The monoisotopic (exact) mass is 328 g/mol. The third-order valence-corrected chi connectivity index (χ3v) is 9.28. The van der Waals surface area contributed by atoms with E-state index in [1.807, 2.05) is 26.0 Å². The Hall–Kier alpha value is -1.36. The Labute approximate surface area is 136 Å². The first-order valence-corrected chi connectivity index (χ1v) is 10.1. The molecule has 1 aromatic carbocycles. The number of hydrazone groups is 1. The number of hydrogen-bond donors (Lipinski definition) is 1. The lowest BCUT2D eigenvalue weighted by Crippen LogP contribution is -2.90. The molecular formula is C18H20N2O2S. The van der Waals surface area contributed by atoms with Crippen molar-refractivity contribution in [2.24, 2.45) is 51.9 Å². The number of hydrogen-bond acceptors (Lipinski definition) is 3. The van der Waals surface area contributed by atoms with Crippen LogP contribution in [0.5, 0.6) is 0 Å². The van der Waals surface area contributed by atoms with E-state index in [-0.39, 0.29) is 4.90 Å². The van der Waals surface area contributed by atoms with E-state index in [2.05, 4.69) is 9.93 Å². The summed E-state index contributed by atoms with van der Waals surface area (Å²) in [5.41, 5.74) is 2.38. The van der Waals surface area contributed by atoms with E-state index >= 15 is 0 Å². The summed E-state index contributed by atoms with van der Waals surface area (Å²) in [4.78, 5) is 2.77. The van der Waals surface area contributed by atoms with Crippen LogP contribution in [0.25, 0.3) is 0 Å². The molecule has 0 saturated heterocycles. The first-order chi connectivity index (χ1) is 11.0. The van der Waals surface area contributed by atoms with E-state index in [1.54, 1.807) is 12.1 Å². The summed E-state index contributed by atoms with van der Waals surface area (Å²) < 4.78 is 24.8. The Morgan fingerprint density at radius 1 is 1.13 bits per heavy atom. The number of nitrogens with one attached hydrogen (secondary N) is 1. The van der Waals surface area contributed by atoms with Gasteiger partial charge in [-0.1, -0.05) is 17.7 Å². The maximum atomic E-state index is 12.4. The molecule has 0 unspecified atom stereocenters. The molecule has 23 heavy (non-hydrogen) atoms. The molecule has 6 aliphatic carbocycles. The minimum Gasteiger partial charge on any atom is -0.200 e. The fraction of sp³-hybridized carbons (Fsp3) is 0.611. The molecule has 4 nitrogen and oxygen atoms in total. The van der Waals surface area contributed by atoms with Crippen molar-refractivity contribution in [1.82, 2.24) is 4.83 Å². The summed E-state index contributed by atoms with van der Waals surface area (Å²) in [6.07, 6.45) is 1.45. The maximum absolute atomic E-state index is 12.4. The largest absolute Gasteiger partial charge is 0.276 e. The van der Waals surface area contributed by atoms with Gasteiger partial charge in [0.1, 0.15) is 0 Å². The van der Waals surface area contributed by atoms with Crippen molar-refractivity contribution in [2.75, 3.05) is 0 Å². The molecule has 120 valence electrons. The molecule has 4 atom stereocenters. The van der Waals surface area contributed by atoms with Crippen molar-refractivity contribution in [3.8, 4) is 0 Å². The molecule has 1 N–H and O–H groups in total. The first kappa shape index (κ1) is 13.0. The SMILES string of the molecule is C/C(=N\NS(=O)(=O)c1ccc(C)cc1)C12C3[C@@H]4C5CC([C@H]41)[C@@H]2[C@@H]53. The molecule has 6 saturated carbocycles. The number of benzene rings is 1. The van der Waals surface area contributed by atoms with Crippen LogP contribution in [0.1, 0.15) is 18.9 Å². The highest BCUT2D eigenvalue weighted by Gasteiger charge is 2.98. The molecule has 7 rings (SSSR count). The van der Waals surface area contributed by atoms with Crippen LogP contribution in [0, 0.1) is 53.8 Å². The fourth-order valence-corrected chi connectivity index (χ4v) is 8.46. The van der Waals surface area contributed by atoms with Gasteiger partial charge in [0.25, 0.3) is 10.0 Å². The zero-order valence-corrected chi connectivity index (χ0v) is 14.0. The zero-order valence-electron chi connectivity index (χ0n) is 13.2. The molecule has 0 radical (unpaired) electrons. The summed E-state index contributed by atoms with van der Waals surface area (Å²) in [6, 6.07) is 6.90. The number of rotatable bonds is 4. The Balaban J connectivity index is 1.27. The zero-order chi connectivity index (χ0) is 15.7. The lowest BCUT2D eigenvalue weighted by molar-refractivity contribution is -0.414. The molecular weight excluding hydrogens is 308 g/mol. The van der Waals surface area contributed by atoms with Crippen molar-refractivity contribution in [3.63, 3.8) is 0 Å². The van der Waals surface area contributed by atoms with Crippen molar-refractivity contribution in [2.45, 2.75) is 25.2 Å². The summed E-state index contributed by atoms with van der Waals surface area (Å²) in [5, 5.41) is 4.36. The Morgan fingerprint density at radius 3 is 2.39 bits per heavy atom. The van der Waals surface area contributed by atoms with Gasteiger partial charge in [-0.3, -0.25) is 0 Å². The third kappa shape index (κ3) is 1.10. The quantitative estimate of drug-likeness (QED) is 0.681. The van der Waals surface area contributed by atoms with E-state index in [9.17, 15) is 8.42 Å². The highest BCUT2D eigenvalue weighted by Crippen LogP contribution is 3.00. The van der Waals surface area contributed by atoms with Crippen molar-refractivity contribution in [1.29, 1.82) is 0 Å². The predicted octanol–water partition coefficient (Wildman–Crippen LogP) is 2.41. The number of sulfonamides is 1. The van der Waals surface area contributed by atoms with Gasteiger partial charge >= 0.3 is 0 Å². The van der Waals surface area contributed by atoms with Gasteiger partial charge in [-0.15, -0.1) is 0 Å². The second-order valence-corrected chi connectivity index (χ2v) is 9.99. The maximum Gasteiger partial charge on any atom is 0.276 e. The highest BCUT2D eigenvalue weighted by molar-refractivity contribution is 7.89. The highest BCUT2D eigenvalue weighted by atomic mass is 32.2. The predicted molar refractivity (Wildman–Crippen MR) is 86.1 cm³/mol. The molecule has 0 amide bonds. The van der Waals surface area contributed by atoms with Gasteiger partial charge in [-0.2, -0.15) is 13.5 Å². The topological polar surface area (TPSA) is 58.5 Å². The van der Waals surface area contributed by atoms with Gasteiger partial charge in [0.05, 0.1) is 4.90 Å². The van der Waals surface area contributed by atoms with Gasteiger partial charge in [-0.25, -0.2) is 4.83 Å². The summed E-state index contributed by atoms with van der Waals surface area (Å²) in [6.45, 7) is 3.99. The van der Waals surface area contributed by atoms with E-state index in [0.717, 1.165) is 52.7 Å². The molecule has 0 aromatic heterocycles. The molecule has 5 heteroatoms. The van der Waals surface area contributed by atoms with Crippen LogP contribution in [0.2, 0.25) is 0 Å². The smallest absolute Gasteiger partial charge is 0.200 e. The average Bonchev–Trinajstić information content (AvgIpc) is 2.75. The fourth-order valence-electron chi connectivity index (χ4n) is 7.61. The van der Waals surface area contributed by atoms with E-state index in [1.165, 1.54) is 6.42 Å². The second kappa shape index (κ2) is 3.51. The van der Waals surface area contributed by atoms with Gasteiger partial charge in [0.2, 0.25) is 0 Å². The van der Waals surface area contributed by atoms with Crippen LogP contribution in [-0.4, -0.2) is 14.1 Å². The molecule has 2 bridgehead atoms. The van der Waals surface area contributed by atoms with Crippen LogP contribution in [-0.2, 0) is 10.0 Å². The van der Waals surface area contributed by atoms with Crippen molar-refractivity contribution >= 4 is 15.7 Å². The van der Waals surface area contributed by atoms with E-state index < -0.39 is 10.0 Å². The van der Waals surface area contributed by atoms with Crippen LogP contribution in [0.3, 0.4) is 0 Å². The number of nitrogens with zero attached hydrogens (tertiary/aromatic N) is 1. The summed E-state index contributed by atoms with van der Waals surface area (Å²) >= 11 is 0. The molecule has 6 aliphatic rings. The van der Waals surface area contributed by atoms with Gasteiger partial charge in [0.15, 0.2) is 0 Å². The molecule has 0 heterocycles. The Kier molecular flexibility index (Phi) is 1.98. The number of aryl methyl sites for hydroxylation is 1. The molecule has 0 spiro atoms. The van der Waals surface area contributed by atoms with Crippen LogP contribution in [0.15, 0.2) is 34.3 Å². The van der Waals surface area contributed by atoms with Gasteiger partial charge in [0, 0.05) is 11.1 Å². The molecule has 1 aromatic rings. The minimum absolute atomic E-state index is 0.284. The van der Waals surface area contributed by atoms with Crippen molar-refractivity contribution < 1.29 is 8.42 Å². The summed E-state index contributed by atoms with van der Waals surface area (Å²) in [5.74, 6) is 6.41. The van der Waals surface area contributed by atoms with Crippen molar-refractivity contribution in [3.05, 3.63) is 29.8 Å². The normalized spacial score (nSPS) is 50.3. The van der Waals surface area contributed by atoms with Crippen LogP contribution >= 0.6 is 0 Å². The lowest BCUT2D eigenvalue weighted by Gasteiger charge is -2.91. The molecule has 6 fully saturated rings. The minimum atomic E-state index is -3.56. The van der Waals surface area contributed by atoms with Crippen LogP contribution < -0.4 is 4.83 Å².